The van der Waals surface area contributed by atoms with Crippen molar-refractivity contribution in [2.75, 3.05) is 6.54 Å². The molecule has 1 atom stereocenters. The van der Waals surface area contributed by atoms with Crippen LogP contribution in [0, 0.1) is 0 Å². The summed E-state index contributed by atoms with van der Waals surface area (Å²) in [6.07, 6.45) is 3.86. The van der Waals surface area contributed by atoms with Crippen LogP contribution in [0.1, 0.15) is 30.9 Å². The molecule has 1 aromatic carbocycles. The van der Waals surface area contributed by atoms with Crippen LogP contribution in [0.5, 0.6) is 0 Å². The third-order valence-corrected chi connectivity index (χ3v) is 2.80. The van der Waals surface area contributed by atoms with Gasteiger partial charge < -0.3 is 5.32 Å². The van der Waals surface area contributed by atoms with Crippen molar-refractivity contribution in [1.82, 2.24) is 5.32 Å². The first-order chi connectivity index (χ1) is 6.36. The minimum Gasteiger partial charge on any atom is -0.310 e. The van der Waals surface area contributed by atoms with Crippen LogP contribution in [-0.4, -0.2) is 6.54 Å². The molecule has 1 aliphatic rings. The quantitative estimate of drug-likeness (QED) is 0.780. The second-order valence-electron chi connectivity index (χ2n) is 3.56. The SMILES string of the molecule is Cl.Clc1cccc([C@H]2CCCCN2)c1. The molecule has 1 heterocycles. The fraction of sp³-hybridized carbons (Fsp3) is 0.455. The molecule has 0 aromatic heterocycles. The van der Waals surface area contributed by atoms with E-state index in [4.69, 9.17) is 11.6 Å². The maximum Gasteiger partial charge on any atom is 0.0409 e. The second kappa shape index (κ2) is 5.59. The first-order valence-corrected chi connectivity index (χ1v) is 5.23. The van der Waals surface area contributed by atoms with Crippen molar-refractivity contribution in [2.45, 2.75) is 25.3 Å². The van der Waals surface area contributed by atoms with Gasteiger partial charge in [0.2, 0.25) is 0 Å². The lowest BCUT2D eigenvalue weighted by Crippen LogP contribution is -2.26. The molecular formula is C11H15Cl2N. The lowest BCUT2D eigenvalue weighted by Gasteiger charge is -2.23. The molecule has 0 saturated carbocycles. The van der Waals surface area contributed by atoms with E-state index >= 15 is 0 Å². The Morgan fingerprint density at radius 3 is 2.79 bits per heavy atom. The summed E-state index contributed by atoms with van der Waals surface area (Å²) in [5.41, 5.74) is 1.33. The first kappa shape index (κ1) is 11.8. The third kappa shape index (κ3) is 2.88. The van der Waals surface area contributed by atoms with Gasteiger partial charge in [0, 0.05) is 11.1 Å². The second-order valence-corrected chi connectivity index (χ2v) is 3.99. The minimum absolute atomic E-state index is 0. The molecule has 14 heavy (non-hydrogen) atoms. The molecular weight excluding hydrogens is 217 g/mol. The monoisotopic (exact) mass is 231 g/mol. The Morgan fingerprint density at radius 2 is 2.14 bits per heavy atom. The zero-order chi connectivity index (χ0) is 9.10. The van der Waals surface area contributed by atoms with E-state index < -0.39 is 0 Å². The molecule has 1 aromatic rings. The number of piperidine rings is 1. The van der Waals surface area contributed by atoms with Gasteiger partial charge >= 0.3 is 0 Å². The van der Waals surface area contributed by atoms with Crippen LogP contribution in [-0.2, 0) is 0 Å². The van der Waals surface area contributed by atoms with E-state index in [2.05, 4.69) is 17.4 Å². The largest absolute Gasteiger partial charge is 0.310 e. The van der Waals surface area contributed by atoms with Gasteiger partial charge in [0.15, 0.2) is 0 Å². The van der Waals surface area contributed by atoms with Crippen LogP contribution in [0.25, 0.3) is 0 Å². The molecule has 0 radical (unpaired) electrons. The van der Waals surface area contributed by atoms with Gasteiger partial charge in [-0.3, -0.25) is 0 Å². The zero-order valence-electron chi connectivity index (χ0n) is 8.00. The van der Waals surface area contributed by atoms with Crippen LogP contribution in [0.4, 0.5) is 0 Å². The van der Waals surface area contributed by atoms with Crippen molar-refractivity contribution in [2.24, 2.45) is 0 Å². The summed E-state index contributed by atoms with van der Waals surface area (Å²) in [6, 6.07) is 8.67. The molecule has 0 bridgehead atoms. The number of hydrogen-bond acceptors (Lipinski definition) is 1. The highest BCUT2D eigenvalue weighted by Gasteiger charge is 2.13. The van der Waals surface area contributed by atoms with Gasteiger partial charge in [-0.2, -0.15) is 0 Å². The molecule has 0 unspecified atom stereocenters. The highest BCUT2D eigenvalue weighted by Crippen LogP contribution is 2.24. The van der Waals surface area contributed by atoms with Crippen LogP contribution >= 0.6 is 24.0 Å². The summed E-state index contributed by atoms with van der Waals surface area (Å²) in [5, 5.41) is 4.34. The van der Waals surface area contributed by atoms with Crippen molar-refractivity contribution in [3.05, 3.63) is 34.9 Å². The fourth-order valence-electron chi connectivity index (χ4n) is 1.86. The van der Waals surface area contributed by atoms with Crippen LogP contribution in [0.3, 0.4) is 0 Å². The summed E-state index contributed by atoms with van der Waals surface area (Å²) in [4.78, 5) is 0. The zero-order valence-corrected chi connectivity index (χ0v) is 9.57. The van der Waals surface area contributed by atoms with Crippen molar-refractivity contribution < 1.29 is 0 Å². The fourth-order valence-corrected chi connectivity index (χ4v) is 2.06. The maximum atomic E-state index is 5.94. The number of nitrogens with one attached hydrogen (secondary N) is 1. The molecule has 1 saturated heterocycles. The summed E-state index contributed by atoms with van der Waals surface area (Å²) >= 11 is 5.94. The molecule has 1 fully saturated rings. The van der Waals surface area contributed by atoms with E-state index in [-0.39, 0.29) is 12.4 Å². The van der Waals surface area contributed by atoms with Crippen molar-refractivity contribution in [3.63, 3.8) is 0 Å². The van der Waals surface area contributed by atoms with Crippen LogP contribution in [0.15, 0.2) is 24.3 Å². The molecule has 3 heteroatoms. The Hall–Kier alpha value is -0.240. The predicted molar refractivity (Wildman–Crippen MR) is 63.3 cm³/mol. The minimum atomic E-state index is 0. The smallest absolute Gasteiger partial charge is 0.0409 e. The van der Waals surface area contributed by atoms with Gasteiger partial charge in [-0.05, 0) is 37.1 Å². The number of benzene rings is 1. The molecule has 0 amide bonds. The van der Waals surface area contributed by atoms with Crippen molar-refractivity contribution in [1.29, 1.82) is 0 Å². The van der Waals surface area contributed by atoms with Gasteiger partial charge in [-0.1, -0.05) is 30.2 Å². The van der Waals surface area contributed by atoms with Gasteiger partial charge in [-0.25, -0.2) is 0 Å². The van der Waals surface area contributed by atoms with E-state index in [0.717, 1.165) is 11.6 Å². The number of halogens is 2. The van der Waals surface area contributed by atoms with E-state index in [0.29, 0.717) is 6.04 Å². The van der Waals surface area contributed by atoms with E-state index in [1.807, 2.05) is 12.1 Å². The molecule has 2 rings (SSSR count). The normalized spacial score (nSPS) is 21.4. The molecule has 1 aliphatic heterocycles. The first-order valence-electron chi connectivity index (χ1n) is 4.85. The topological polar surface area (TPSA) is 12.0 Å². The average molecular weight is 232 g/mol. The summed E-state index contributed by atoms with van der Waals surface area (Å²) in [6.45, 7) is 1.14. The highest BCUT2D eigenvalue weighted by molar-refractivity contribution is 6.30. The Balaban J connectivity index is 0.000000980. The average Bonchev–Trinajstić information content (AvgIpc) is 2.19. The summed E-state index contributed by atoms with van der Waals surface area (Å²) in [7, 11) is 0. The highest BCUT2D eigenvalue weighted by atomic mass is 35.5. The molecule has 1 nitrogen and oxygen atoms in total. The lowest BCUT2D eigenvalue weighted by atomic mass is 9.98. The molecule has 0 spiro atoms. The van der Waals surface area contributed by atoms with Gasteiger partial charge in [-0.15, -0.1) is 12.4 Å². The maximum absolute atomic E-state index is 5.94. The molecule has 1 N–H and O–H groups in total. The molecule has 0 aliphatic carbocycles. The van der Waals surface area contributed by atoms with E-state index in [1.54, 1.807) is 0 Å². The van der Waals surface area contributed by atoms with Gasteiger partial charge in [0.05, 0.1) is 0 Å². The van der Waals surface area contributed by atoms with E-state index in [1.165, 1.54) is 24.8 Å². The van der Waals surface area contributed by atoms with Crippen molar-refractivity contribution >= 4 is 24.0 Å². The summed E-state index contributed by atoms with van der Waals surface area (Å²) in [5.74, 6) is 0. The van der Waals surface area contributed by atoms with Gasteiger partial charge in [0.1, 0.15) is 0 Å². The van der Waals surface area contributed by atoms with Gasteiger partial charge in [0.25, 0.3) is 0 Å². The van der Waals surface area contributed by atoms with Crippen LogP contribution in [0.2, 0.25) is 5.02 Å². The Labute approximate surface area is 96.3 Å². The Kier molecular flexibility index (Phi) is 4.73. The van der Waals surface area contributed by atoms with Crippen molar-refractivity contribution in [3.8, 4) is 0 Å². The number of hydrogen-bond donors (Lipinski definition) is 1. The lowest BCUT2D eigenvalue weighted by molar-refractivity contribution is 0.412. The Morgan fingerprint density at radius 1 is 1.29 bits per heavy atom. The Bertz CT molecular complexity index is 282. The molecule has 78 valence electrons. The predicted octanol–water partition coefficient (Wildman–Crippen LogP) is 3.58. The third-order valence-electron chi connectivity index (χ3n) is 2.56. The summed E-state index contributed by atoms with van der Waals surface area (Å²) < 4.78 is 0. The van der Waals surface area contributed by atoms with E-state index in [9.17, 15) is 0 Å². The van der Waals surface area contributed by atoms with Crippen LogP contribution < -0.4 is 5.32 Å². The number of rotatable bonds is 1. The standard InChI is InChI=1S/C11H14ClN.ClH/c12-10-5-3-4-9(8-10)11-6-1-2-7-13-11;/h3-5,8,11,13H,1-2,6-7H2;1H/t11-;/m1./s1.